The van der Waals surface area contributed by atoms with Crippen LogP contribution in [0.25, 0.3) is 0 Å². The minimum Gasteiger partial charge on any atom is -0.515 e. The van der Waals surface area contributed by atoms with E-state index in [0.717, 1.165) is 12.8 Å². The molecule has 1 spiro atoms. The van der Waals surface area contributed by atoms with Gasteiger partial charge >= 0.3 is 0 Å². The molecule has 4 nitrogen and oxygen atoms in total. The molecule has 1 aliphatic carbocycles. The number of allylic oxidation sites excluding steroid dienone is 1. The molecule has 1 fully saturated rings. The average Bonchev–Trinajstić information content (AvgIpc) is 2.87. The monoisotopic (exact) mass is 203 g/mol. The van der Waals surface area contributed by atoms with Crippen LogP contribution in [0.1, 0.15) is 23.3 Å². The number of nitrogens with zero attached hydrogens (tertiary/aromatic N) is 1. The summed E-state index contributed by atoms with van der Waals surface area (Å²) in [5, 5.41) is 8.94. The molecule has 1 aromatic heterocycles. The molecule has 15 heavy (non-hydrogen) atoms. The van der Waals surface area contributed by atoms with Crippen molar-refractivity contribution in [3.63, 3.8) is 0 Å². The van der Waals surface area contributed by atoms with Crippen molar-refractivity contribution in [1.29, 1.82) is 0 Å². The molecule has 0 radical (unpaired) electrons. The van der Waals surface area contributed by atoms with E-state index in [1.807, 2.05) is 0 Å². The van der Waals surface area contributed by atoms with E-state index in [1.165, 1.54) is 0 Å². The zero-order valence-corrected chi connectivity index (χ0v) is 7.93. The van der Waals surface area contributed by atoms with Crippen LogP contribution in [-0.2, 0) is 10.3 Å². The summed E-state index contributed by atoms with van der Waals surface area (Å²) in [6.45, 7) is 0. The van der Waals surface area contributed by atoms with Crippen LogP contribution in [0.5, 0.6) is 0 Å². The molecule has 3 rings (SSSR count). The first kappa shape index (κ1) is 8.47. The molecule has 0 bridgehead atoms. The summed E-state index contributed by atoms with van der Waals surface area (Å²) in [6.07, 6.45) is 3.89. The summed E-state index contributed by atoms with van der Waals surface area (Å²) < 4.78 is 1.74. The third-order valence-electron chi connectivity index (χ3n) is 3.21. The summed E-state index contributed by atoms with van der Waals surface area (Å²) in [6, 6.07) is 3.43. The second kappa shape index (κ2) is 2.39. The number of carbonyl (C=O) groups excluding carboxylic acids is 2. The van der Waals surface area contributed by atoms with Gasteiger partial charge in [-0.3, -0.25) is 9.59 Å². The van der Waals surface area contributed by atoms with Gasteiger partial charge in [-0.25, -0.2) is 0 Å². The molecule has 0 amide bonds. The van der Waals surface area contributed by atoms with Gasteiger partial charge in [0.05, 0.1) is 12.0 Å². The highest BCUT2D eigenvalue weighted by Gasteiger charge is 2.57. The van der Waals surface area contributed by atoms with Gasteiger partial charge in [0, 0.05) is 6.20 Å². The Balaban J connectivity index is 2.29. The van der Waals surface area contributed by atoms with E-state index in [1.54, 1.807) is 22.9 Å². The number of hydrogen-bond acceptors (Lipinski definition) is 3. The van der Waals surface area contributed by atoms with Gasteiger partial charge in [-0.2, -0.15) is 0 Å². The predicted molar refractivity (Wildman–Crippen MR) is 51.7 cm³/mol. The van der Waals surface area contributed by atoms with E-state index in [4.69, 9.17) is 5.11 Å². The number of aromatic nitrogens is 1. The van der Waals surface area contributed by atoms with Crippen molar-refractivity contribution in [3.8, 4) is 0 Å². The number of aliphatic hydroxyl groups is 1. The Kier molecular flexibility index (Phi) is 1.35. The van der Waals surface area contributed by atoms with Crippen molar-refractivity contribution in [2.45, 2.75) is 18.4 Å². The first-order valence-corrected chi connectivity index (χ1v) is 4.82. The quantitative estimate of drug-likeness (QED) is 0.391. The zero-order valence-electron chi connectivity index (χ0n) is 7.93. The smallest absolute Gasteiger partial charge is 0.216 e. The van der Waals surface area contributed by atoms with Crippen molar-refractivity contribution in [2.75, 3.05) is 0 Å². The van der Waals surface area contributed by atoms with Gasteiger partial charge in [0.1, 0.15) is 11.1 Å². The SMILES string of the molecule is O=C1C(=CO)C(=O)C2(CC2)n2cccc21. The van der Waals surface area contributed by atoms with Gasteiger partial charge in [-0.15, -0.1) is 0 Å². The highest BCUT2D eigenvalue weighted by molar-refractivity contribution is 6.30. The Morgan fingerprint density at radius 2 is 2.13 bits per heavy atom. The molecular weight excluding hydrogens is 194 g/mol. The summed E-state index contributed by atoms with van der Waals surface area (Å²) in [5.41, 5.74) is -0.160. The molecule has 0 atom stereocenters. The molecule has 4 heteroatoms. The highest BCUT2D eigenvalue weighted by atomic mass is 16.2. The molecule has 1 aromatic rings. The lowest BCUT2D eigenvalue weighted by molar-refractivity contribution is -0.120. The number of rotatable bonds is 0. The van der Waals surface area contributed by atoms with E-state index in [2.05, 4.69) is 0 Å². The molecule has 2 aliphatic rings. The van der Waals surface area contributed by atoms with Crippen LogP contribution in [-0.4, -0.2) is 21.2 Å². The fraction of sp³-hybridized carbons (Fsp3) is 0.273. The highest BCUT2D eigenvalue weighted by Crippen LogP contribution is 2.49. The van der Waals surface area contributed by atoms with E-state index in [-0.39, 0.29) is 17.1 Å². The van der Waals surface area contributed by atoms with E-state index < -0.39 is 5.54 Å². The van der Waals surface area contributed by atoms with E-state index in [0.29, 0.717) is 12.0 Å². The lowest BCUT2D eigenvalue weighted by atomic mass is 9.93. The second-order valence-electron chi connectivity index (χ2n) is 4.00. The van der Waals surface area contributed by atoms with Gasteiger partial charge in [0.2, 0.25) is 5.78 Å². The fourth-order valence-corrected chi connectivity index (χ4v) is 2.24. The average molecular weight is 203 g/mol. The summed E-state index contributed by atoms with van der Waals surface area (Å²) in [4.78, 5) is 23.7. The first-order valence-electron chi connectivity index (χ1n) is 4.82. The Hall–Kier alpha value is -1.84. The molecule has 1 aliphatic heterocycles. The number of carbonyl (C=O) groups is 2. The molecule has 0 unspecified atom stereocenters. The number of aliphatic hydroxyl groups excluding tert-OH is 1. The standard InChI is InChI=1S/C11H9NO3/c13-6-7-9(14)8-2-1-5-12(8)11(3-4-11)10(7)15/h1-2,5-6,13H,3-4H2. The molecule has 76 valence electrons. The Morgan fingerprint density at radius 3 is 2.73 bits per heavy atom. The maximum Gasteiger partial charge on any atom is 0.216 e. The van der Waals surface area contributed by atoms with Crippen LogP contribution >= 0.6 is 0 Å². The van der Waals surface area contributed by atoms with Crippen molar-refractivity contribution < 1.29 is 14.7 Å². The van der Waals surface area contributed by atoms with Gasteiger partial charge in [-0.05, 0) is 25.0 Å². The molecule has 2 heterocycles. The molecule has 1 saturated carbocycles. The van der Waals surface area contributed by atoms with Gasteiger partial charge < -0.3 is 9.67 Å². The predicted octanol–water partition coefficient (Wildman–Crippen LogP) is 1.18. The number of ketones is 2. The van der Waals surface area contributed by atoms with Crippen molar-refractivity contribution in [1.82, 2.24) is 4.57 Å². The van der Waals surface area contributed by atoms with E-state index in [9.17, 15) is 9.59 Å². The van der Waals surface area contributed by atoms with Crippen LogP contribution in [0.3, 0.4) is 0 Å². The van der Waals surface area contributed by atoms with Crippen LogP contribution in [0, 0.1) is 0 Å². The molecular formula is C11H9NO3. The normalized spacial score (nSPS) is 24.7. The third-order valence-corrected chi connectivity index (χ3v) is 3.21. The van der Waals surface area contributed by atoms with Gasteiger partial charge in [0.15, 0.2) is 5.78 Å². The number of hydrogen-bond donors (Lipinski definition) is 1. The minimum atomic E-state index is -0.568. The van der Waals surface area contributed by atoms with Gasteiger partial charge in [0.25, 0.3) is 0 Å². The topological polar surface area (TPSA) is 59.3 Å². The first-order chi connectivity index (χ1) is 7.20. The lowest BCUT2D eigenvalue weighted by Gasteiger charge is -2.24. The number of fused-ring (bicyclic) bond motifs is 2. The van der Waals surface area contributed by atoms with Crippen LogP contribution in [0.15, 0.2) is 30.2 Å². The fourth-order valence-electron chi connectivity index (χ4n) is 2.24. The van der Waals surface area contributed by atoms with Crippen molar-refractivity contribution in [3.05, 3.63) is 35.9 Å². The number of Topliss-reactive ketones (excluding diaryl/α,β-unsaturated/α-hetero) is 2. The van der Waals surface area contributed by atoms with E-state index >= 15 is 0 Å². The van der Waals surface area contributed by atoms with Crippen LogP contribution in [0.4, 0.5) is 0 Å². The minimum absolute atomic E-state index is 0.0845. The zero-order chi connectivity index (χ0) is 10.6. The summed E-state index contributed by atoms with van der Waals surface area (Å²) in [5.74, 6) is -0.635. The summed E-state index contributed by atoms with van der Waals surface area (Å²) in [7, 11) is 0. The second-order valence-corrected chi connectivity index (χ2v) is 4.00. The lowest BCUT2D eigenvalue weighted by Crippen LogP contribution is -2.38. The van der Waals surface area contributed by atoms with Gasteiger partial charge in [-0.1, -0.05) is 0 Å². The maximum atomic E-state index is 11.9. The molecule has 0 saturated heterocycles. The van der Waals surface area contributed by atoms with Crippen molar-refractivity contribution >= 4 is 11.6 Å². The maximum absolute atomic E-state index is 11.9. The Morgan fingerprint density at radius 1 is 1.40 bits per heavy atom. The molecule has 0 aromatic carbocycles. The van der Waals surface area contributed by atoms with Crippen molar-refractivity contribution in [2.24, 2.45) is 0 Å². The Labute approximate surface area is 85.8 Å². The summed E-state index contributed by atoms with van der Waals surface area (Å²) >= 11 is 0. The Bertz CT molecular complexity index is 506. The third kappa shape index (κ3) is 0.819. The molecule has 1 N–H and O–H groups in total. The largest absolute Gasteiger partial charge is 0.515 e. The van der Waals surface area contributed by atoms with Crippen LogP contribution in [0.2, 0.25) is 0 Å². The van der Waals surface area contributed by atoms with Crippen LogP contribution < -0.4 is 0 Å².